The number of carbonyl (C=O) groups is 1. The van der Waals surface area contributed by atoms with Crippen molar-refractivity contribution in [2.24, 2.45) is 11.7 Å². The highest BCUT2D eigenvalue weighted by Crippen LogP contribution is 2.23. The lowest BCUT2D eigenvalue weighted by atomic mass is 10.1. The smallest absolute Gasteiger partial charge is 0.209 e. The van der Waals surface area contributed by atoms with E-state index in [1.807, 2.05) is 53.0 Å². The molecule has 4 N–H and O–H groups in total. The average Bonchev–Trinajstić information content (AvgIpc) is 3.38. The normalized spacial score (nSPS) is 16.7. The zero-order valence-corrected chi connectivity index (χ0v) is 27.6. The fraction of sp³-hybridized carbons (Fsp3) is 0.613. The third-order valence-corrected chi connectivity index (χ3v) is 6.16. The average molecular weight is 592 g/mol. The van der Waals surface area contributed by atoms with Gasteiger partial charge in [-0.05, 0) is 77.5 Å². The highest BCUT2D eigenvalue weighted by molar-refractivity contribution is 7.21. The number of fused-ring (bicyclic) bond motifs is 1. The lowest BCUT2D eigenvalue weighted by molar-refractivity contribution is -0.118. The second-order valence-corrected chi connectivity index (χ2v) is 10.2. The summed E-state index contributed by atoms with van der Waals surface area (Å²) in [6.45, 7) is 25.0. The van der Waals surface area contributed by atoms with Gasteiger partial charge in [0.1, 0.15) is 10.3 Å². The molecule has 1 amide bonds. The predicted molar refractivity (Wildman–Crippen MR) is 179 cm³/mol. The SMILES string of the molecule is C=CC.CC.CC(/C=C/Nc1nc2cccnc2s1)CN1CC(C)OC(C)C1.CCC=N.CCN(C=O)CCCN. The number of carbonyl (C=O) groups excluding carboxylic acids is 1. The number of hydrogen-bond acceptors (Lipinski definition) is 9. The molecule has 0 aliphatic carbocycles. The van der Waals surface area contributed by atoms with E-state index in [0.29, 0.717) is 24.7 Å². The van der Waals surface area contributed by atoms with Crippen molar-refractivity contribution in [3.05, 3.63) is 43.3 Å². The molecular weight excluding hydrogens is 534 g/mol. The van der Waals surface area contributed by atoms with Crippen LogP contribution in [0.15, 0.2) is 43.3 Å². The second-order valence-electron chi connectivity index (χ2n) is 9.20. The van der Waals surface area contributed by atoms with Crippen molar-refractivity contribution < 1.29 is 9.53 Å². The Morgan fingerprint density at radius 2 is 1.93 bits per heavy atom. The Hall–Kier alpha value is -2.66. The van der Waals surface area contributed by atoms with E-state index in [-0.39, 0.29) is 0 Å². The van der Waals surface area contributed by atoms with Crippen LogP contribution in [0.25, 0.3) is 10.3 Å². The minimum absolute atomic E-state index is 0.323. The van der Waals surface area contributed by atoms with Gasteiger partial charge in [-0.25, -0.2) is 9.97 Å². The topological polar surface area (TPSA) is 120 Å². The summed E-state index contributed by atoms with van der Waals surface area (Å²) in [6.07, 6.45) is 12.4. The molecule has 3 heterocycles. The zero-order valence-electron chi connectivity index (χ0n) is 26.8. The van der Waals surface area contributed by atoms with Crippen LogP contribution in [0.3, 0.4) is 0 Å². The highest BCUT2D eigenvalue weighted by Gasteiger charge is 2.22. The molecule has 0 aromatic carbocycles. The van der Waals surface area contributed by atoms with Crippen molar-refractivity contribution in [2.45, 2.75) is 80.4 Å². The molecule has 1 aliphatic heterocycles. The molecule has 1 fully saturated rings. The van der Waals surface area contributed by atoms with Crippen molar-refractivity contribution in [3.8, 4) is 0 Å². The number of nitrogens with zero attached hydrogens (tertiary/aromatic N) is 4. The van der Waals surface area contributed by atoms with E-state index in [2.05, 4.69) is 53.6 Å². The van der Waals surface area contributed by atoms with Gasteiger partial charge in [-0.2, -0.15) is 0 Å². The second kappa shape index (κ2) is 27.5. The van der Waals surface area contributed by atoms with Gasteiger partial charge in [0.2, 0.25) is 6.41 Å². The quantitative estimate of drug-likeness (QED) is 0.156. The maximum absolute atomic E-state index is 10.1. The van der Waals surface area contributed by atoms with Gasteiger partial charge < -0.3 is 26.1 Å². The number of amides is 1. The molecule has 234 valence electrons. The van der Waals surface area contributed by atoms with Crippen LogP contribution in [0.2, 0.25) is 0 Å². The van der Waals surface area contributed by atoms with Crippen LogP contribution in [0.5, 0.6) is 0 Å². The highest BCUT2D eigenvalue weighted by atomic mass is 32.1. The molecule has 0 saturated carbocycles. The van der Waals surface area contributed by atoms with Crippen LogP contribution in [0.4, 0.5) is 5.13 Å². The van der Waals surface area contributed by atoms with Crippen molar-refractivity contribution in [1.29, 1.82) is 5.41 Å². The molecule has 0 spiro atoms. The Labute approximate surface area is 253 Å². The van der Waals surface area contributed by atoms with Crippen molar-refractivity contribution >= 4 is 39.4 Å². The van der Waals surface area contributed by atoms with E-state index in [0.717, 1.165) is 67.5 Å². The van der Waals surface area contributed by atoms with Gasteiger partial charge in [0.25, 0.3) is 0 Å². The standard InChI is InChI=1S/C17H24N4OS.C6H14N2O.C3H7N.C3H6.C2H6/c1-12(9-21-10-13(2)22-14(3)11-21)6-8-19-17-20-15-5-4-7-18-16(15)23-17;1-2-8(6-9)5-3-4-7;1-2-3-4;1-3-2;1-2/h4-8,12-14H,9-11H2,1-3H3,(H,19,20);6H,2-5,7H2,1H3;3-4H,2H2,1H3;3H,1H2,2H3;1-2H3/b8-6+;;;;. The monoisotopic (exact) mass is 591 g/mol. The molecule has 3 atom stereocenters. The first kappa shape index (κ1) is 40.5. The summed E-state index contributed by atoms with van der Waals surface area (Å²) in [5.74, 6) is 0.479. The lowest BCUT2D eigenvalue weighted by Crippen LogP contribution is -2.46. The fourth-order valence-corrected chi connectivity index (χ4v) is 4.38. The van der Waals surface area contributed by atoms with Gasteiger partial charge in [-0.1, -0.05) is 51.2 Å². The minimum Gasteiger partial charge on any atom is -0.373 e. The number of allylic oxidation sites excluding steroid dienone is 1. The Balaban J connectivity index is 0. The van der Waals surface area contributed by atoms with E-state index >= 15 is 0 Å². The molecule has 0 bridgehead atoms. The van der Waals surface area contributed by atoms with Gasteiger partial charge in [-0.15, -0.1) is 6.58 Å². The molecule has 9 nitrogen and oxygen atoms in total. The van der Waals surface area contributed by atoms with Crippen LogP contribution >= 0.6 is 11.3 Å². The number of pyridine rings is 1. The van der Waals surface area contributed by atoms with E-state index in [1.165, 1.54) is 6.21 Å². The van der Waals surface area contributed by atoms with Gasteiger partial charge in [0.05, 0.1) is 12.2 Å². The van der Waals surface area contributed by atoms with Crippen LogP contribution in [-0.2, 0) is 9.53 Å². The molecule has 3 rings (SSSR count). The predicted octanol–water partition coefficient (Wildman–Crippen LogP) is 6.44. The largest absolute Gasteiger partial charge is 0.373 e. The van der Waals surface area contributed by atoms with Crippen molar-refractivity contribution in [3.63, 3.8) is 0 Å². The summed E-state index contributed by atoms with van der Waals surface area (Å²) in [7, 11) is 0. The Bertz CT molecular complexity index is 895. The maximum atomic E-state index is 10.1. The lowest BCUT2D eigenvalue weighted by Gasteiger charge is -2.36. The molecule has 2 aromatic heterocycles. The van der Waals surface area contributed by atoms with Crippen LogP contribution in [0, 0.1) is 11.3 Å². The van der Waals surface area contributed by atoms with Crippen LogP contribution in [-0.4, -0.2) is 83.9 Å². The molecule has 3 unspecified atom stereocenters. The summed E-state index contributed by atoms with van der Waals surface area (Å²) in [5.41, 5.74) is 6.19. The summed E-state index contributed by atoms with van der Waals surface area (Å²) in [5, 5.41) is 10.5. The number of nitrogens with one attached hydrogen (secondary N) is 2. The number of nitrogens with two attached hydrogens (primary N) is 1. The number of aromatic nitrogens is 2. The number of thiazole rings is 1. The number of rotatable bonds is 11. The summed E-state index contributed by atoms with van der Waals surface area (Å²) in [4.78, 5) is 24.1. The molecule has 2 aromatic rings. The number of morpholine rings is 1. The first-order chi connectivity index (χ1) is 19.8. The third-order valence-electron chi connectivity index (χ3n) is 5.25. The Morgan fingerprint density at radius 3 is 2.41 bits per heavy atom. The summed E-state index contributed by atoms with van der Waals surface area (Å²) < 4.78 is 5.78. The van der Waals surface area contributed by atoms with Gasteiger partial charge >= 0.3 is 0 Å². The van der Waals surface area contributed by atoms with Crippen LogP contribution in [0.1, 0.15) is 68.2 Å². The third kappa shape index (κ3) is 20.8. The Morgan fingerprint density at radius 1 is 1.32 bits per heavy atom. The zero-order chi connectivity index (χ0) is 31.5. The first-order valence-corrected chi connectivity index (χ1v) is 15.6. The van der Waals surface area contributed by atoms with E-state index in [4.69, 9.17) is 15.9 Å². The minimum atomic E-state index is 0.323. The molecule has 41 heavy (non-hydrogen) atoms. The van der Waals surface area contributed by atoms with Gasteiger partial charge in [-0.3, -0.25) is 9.69 Å². The molecule has 0 radical (unpaired) electrons. The van der Waals surface area contributed by atoms with E-state index in [1.54, 1.807) is 28.5 Å². The molecular formula is C31H57N7O2S. The van der Waals surface area contributed by atoms with Crippen molar-refractivity contribution in [2.75, 3.05) is 44.6 Å². The molecule has 1 saturated heterocycles. The first-order valence-electron chi connectivity index (χ1n) is 14.8. The maximum Gasteiger partial charge on any atom is 0.209 e. The van der Waals surface area contributed by atoms with Gasteiger partial charge in [0, 0.05) is 38.9 Å². The number of hydrogen-bond donors (Lipinski definition) is 3. The molecule has 1 aliphatic rings. The summed E-state index contributed by atoms with van der Waals surface area (Å²) in [6, 6.07) is 3.89. The summed E-state index contributed by atoms with van der Waals surface area (Å²) >= 11 is 1.57. The Kier molecular flexibility index (Phi) is 27.2. The number of ether oxygens (including phenoxy) is 1. The van der Waals surface area contributed by atoms with Crippen LogP contribution < -0.4 is 11.1 Å². The molecule has 10 heteroatoms. The number of anilines is 1. The van der Waals surface area contributed by atoms with Gasteiger partial charge in [0.15, 0.2) is 5.13 Å². The fourth-order valence-electron chi connectivity index (χ4n) is 3.60. The van der Waals surface area contributed by atoms with Crippen molar-refractivity contribution in [1.82, 2.24) is 19.8 Å². The van der Waals surface area contributed by atoms with E-state index < -0.39 is 0 Å². The van der Waals surface area contributed by atoms with E-state index in [9.17, 15) is 4.79 Å².